The number of rotatable bonds is 4. The van der Waals surface area contributed by atoms with Crippen molar-refractivity contribution in [3.8, 4) is 0 Å². The highest BCUT2D eigenvalue weighted by Crippen LogP contribution is 2.19. The Morgan fingerprint density at radius 1 is 1.57 bits per heavy atom. The van der Waals surface area contributed by atoms with Crippen LogP contribution in [0.4, 0.5) is 0 Å². The number of hydrogen-bond acceptors (Lipinski definition) is 2. The Kier molecular flexibility index (Phi) is 3.63. The maximum absolute atomic E-state index is 11.0. The van der Waals surface area contributed by atoms with Crippen molar-refractivity contribution in [3.05, 3.63) is 29.6 Å². The van der Waals surface area contributed by atoms with Crippen molar-refractivity contribution in [3.63, 3.8) is 0 Å². The van der Waals surface area contributed by atoms with Crippen LogP contribution < -0.4 is 0 Å². The lowest BCUT2D eigenvalue weighted by molar-refractivity contribution is -0.139. The van der Waals surface area contributed by atoms with Crippen LogP contribution in [0.1, 0.15) is 37.1 Å². The fourth-order valence-corrected chi connectivity index (χ4v) is 1.44. The Morgan fingerprint density at radius 3 is 2.79 bits per heavy atom. The first-order valence-corrected chi connectivity index (χ1v) is 4.81. The number of carboxylic acids is 1. The molecule has 0 amide bonds. The van der Waals surface area contributed by atoms with E-state index >= 15 is 0 Å². The molecule has 1 unspecified atom stereocenters. The van der Waals surface area contributed by atoms with Crippen molar-refractivity contribution in [2.45, 2.75) is 32.6 Å². The number of hydrogen-bond donors (Lipinski definition) is 1. The molecule has 1 aromatic heterocycles. The molecule has 0 radical (unpaired) electrons. The molecular weight excluding hydrogens is 178 g/mol. The molecule has 0 aliphatic carbocycles. The van der Waals surface area contributed by atoms with Crippen LogP contribution in [-0.2, 0) is 4.79 Å². The van der Waals surface area contributed by atoms with Crippen molar-refractivity contribution >= 4 is 5.97 Å². The Morgan fingerprint density at radius 2 is 2.29 bits per heavy atom. The maximum atomic E-state index is 11.0. The number of carboxylic acid groups (broad SMARTS) is 1. The van der Waals surface area contributed by atoms with Crippen LogP contribution in [-0.4, -0.2) is 16.1 Å². The summed E-state index contributed by atoms with van der Waals surface area (Å²) in [5.41, 5.74) is 1.53. The molecule has 76 valence electrons. The largest absolute Gasteiger partial charge is 0.481 e. The molecule has 0 saturated heterocycles. The van der Waals surface area contributed by atoms with Gasteiger partial charge in [-0.15, -0.1) is 0 Å². The summed E-state index contributed by atoms with van der Waals surface area (Å²) >= 11 is 0. The molecule has 0 aliphatic heterocycles. The Balaban J connectivity index is 2.93. The number of carbonyl (C=O) groups is 1. The van der Waals surface area contributed by atoms with Crippen LogP contribution in [0.25, 0.3) is 0 Å². The van der Waals surface area contributed by atoms with E-state index in [9.17, 15) is 4.79 Å². The minimum Gasteiger partial charge on any atom is -0.481 e. The molecule has 1 aromatic rings. The molecule has 1 rings (SSSR count). The summed E-state index contributed by atoms with van der Waals surface area (Å²) in [4.78, 5) is 15.2. The summed E-state index contributed by atoms with van der Waals surface area (Å²) in [6.07, 6.45) is 1.50. The molecule has 0 spiro atoms. The van der Waals surface area contributed by atoms with Gasteiger partial charge in [0.1, 0.15) is 0 Å². The highest BCUT2D eigenvalue weighted by atomic mass is 16.4. The zero-order chi connectivity index (χ0) is 10.6. The first-order chi connectivity index (χ1) is 6.65. The van der Waals surface area contributed by atoms with E-state index in [4.69, 9.17) is 5.11 Å². The predicted molar refractivity (Wildman–Crippen MR) is 54.3 cm³/mol. The zero-order valence-electron chi connectivity index (χ0n) is 8.53. The second-order valence-corrected chi connectivity index (χ2v) is 3.38. The van der Waals surface area contributed by atoms with E-state index in [1.807, 2.05) is 26.0 Å². The fraction of sp³-hybridized carbons (Fsp3) is 0.455. The van der Waals surface area contributed by atoms with E-state index in [1.165, 1.54) is 0 Å². The lowest BCUT2D eigenvalue weighted by Gasteiger charge is -2.10. The third-order valence-corrected chi connectivity index (χ3v) is 2.14. The van der Waals surface area contributed by atoms with E-state index in [1.54, 1.807) is 6.07 Å². The number of aromatic nitrogens is 1. The van der Waals surface area contributed by atoms with Gasteiger partial charge in [-0.1, -0.05) is 19.4 Å². The van der Waals surface area contributed by atoms with E-state index in [-0.39, 0.29) is 0 Å². The van der Waals surface area contributed by atoms with E-state index in [0.717, 1.165) is 12.1 Å². The molecule has 3 nitrogen and oxygen atoms in total. The maximum Gasteiger partial charge on any atom is 0.312 e. The number of aliphatic carboxylic acids is 1. The Labute approximate surface area is 83.8 Å². The van der Waals surface area contributed by atoms with Crippen molar-refractivity contribution < 1.29 is 9.90 Å². The van der Waals surface area contributed by atoms with Gasteiger partial charge in [-0.2, -0.15) is 0 Å². The summed E-state index contributed by atoms with van der Waals surface area (Å²) in [5, 5.41) is 9.01. The molecule has 1 heterocycles. The van der Waals surface area contributed by atoms with Gasteiger partial charge in [0.2, 0.25) is 0 Å². The van der Waals surface area contributed by atoms with Gasteiger partial charge in [-0.3, -0.25) is 9.78 Å². The van der Waals surface area contributed by atoms with Crippen molar-refractivity contribution in [1.29, 1.82) is 0 Å². The van der Waals surface area contributed by atoms with Crippen LogP contribution in [0.2, 0.25) is 0 Å². The minimum atomic E-state index is -0.787. The van der Waals surface area contributed by atoms with Gasteiger partial charge < -0.3 is 5.11 Å². The van der Waals surface area contributed by atoms with Crippen LogP contribution in [0.3, 0.4) is 0 Å². The molecule has 14 heavy (non-hydrogen) atoms. The van der Waals surface area contributed by atoms with Gasteiger partial charge in [0, 0.05) is 5.69 Å². The highest BCUT2D eigenvalue weighted by molar-refractivity contribution is 5.75. The highest BCUT2D eigenvalue weighted by Gasteiger charge is 2.19. The van der Waals surface area contributed by atoms with Crippen LogP contribution in [0.15, 0.2) is 18.2 Å². The van der Waals surface area contributed by atoms with Crippen LogP contribution in [0, 0.1) is 6.92 Å². The predicted octanol–water partition coefficient (Wildman–Crippen LogP) is 2.36. The topological polar surface area (TPSA) is 50.2 Å². The molecule has 3 heteroatoms. The first kappa shape index (κ1) is 10.7. The van der Waals surface area contributed by atoms with Gasteiger partial charge in [-0.25, -0.2) is 0 Å². The second-order valence-electron chi connectivity index (χ2n) is 3.38. The van der Waals surface area contributed by atoms with E-state index < -0.39 is 11.9 Å². The van der Waals surface area contributed by atoms with Gasteiger partial charge in [0.15, 0.2) is 0 Å². The van der Waals surface area contributed by atoms with Crippen LogP contribution in [0.5, 0.6) is 0 Å². The number of aryl methyl sites for hydroxylation is 1. The number of nitrogens with zero attached hydrogens (tertiary/aromatic N) is 1. The number of pyridine rings is 1. The molecule has 0 bridgehead atoms. The normalized spacial score (nSPS) is 12.4. The van der Waals surface area contributed by atoms with Crippen molar-refractivity contribution in [2.24, 2.45) is 0 Å². The summed E-state index contributed by atoms with van der Waals surface area (Å²) in [6.45, 7) is 3.85. The second kappa shape index (κ2) is 4.74. The zero-order valence-corrected chi connectivity index (χ0v) is 8.53. The Bertz CT molecular complexity index is 323. The quantitative estimate of drug-likeness (QED) is 0.798. The van der Waals surface area contributed by atoms with Gasteiger partial charge in [0.05, 0.1) is 11.6 Å². The molecular formula is C11H15NO2. The monoisotopic (exact) mass is 193 g/mol. The Hall–Kier alpha value is -1.38. The average Bonchev–Trinajstić information content (AvgIpc) is 2.13. The SMILES string of the molecule is CCCC(C(=O)O)c1cccc(C)n1. The average molecular weight is 193 g/mol. The van der Waals surface area contributed by atoms with E-state index in [0.29, 0.717) is 12.1 Å². The minimum absolute atomic E-state index is 0.458. The van der Waals surface area contributed by atoms with Crippen molar-refractivity contribution in [1.82, 2.24) is 4.98 Å². The first-order valence-electron chi connectivity index (χ1n) is 4.81. The van der Waals surface area contributed by atoms with Crippen molar-refractivity contribution in [2.75, 3.05) is 0 Å². The molecule has 0 saturated carbocycles. The smallest absolute Gasteiger partial charge is 0.312 e. The summed E-state index contributed by atoms with van der Waals surface area (Å²) in [7, 11) is 0. The molecule has 1 atom stereocenters. The summed E-state index contributed by atoms with van der Waals surface area (Å²) < 4.78 is 0. The lowest BCUT2D eigenvalue weighted by atomic mass is 9.99. The van der Waals surface area contributed by atoms with Gasteiger partial charge >= 0.3 is 5.97 Å². The molecule has 0 aromatic carbocycles. The third kappa shape index (κ3) is 2.55. The lowest BCUT2D eigenvalue weighted by Crippen LogP contribution is -2.13. The molecule has 0 aliphatic rings. The van der Waals surface area contributed by atoms with E-state index in [2.05, 4.69) is 4.98 Å². The summed E-state index contributed by atoms with van der Waals surface area (Å²) in [6, 6.07) is 5.50. The van der Waals surface area contributed by atoms with Gasteiger partial charge in [-0.05, 0) is 25.5 Å². The molecule has 0 fully saturated rings. The molecule has 1 N–H and O–H groups in total. The third-order valence-electron chi connectivity index (χ3n) is 2.14. The standard InChI is InChI=1S/C11H15NO2/c1-3-5-9(11(13)14)10-7-4-6-8(2)12-10/h4,6-7,9H,3,5H2,1-2H3,(H,13,14). The van der Waals surface area contributed by atoms with Gasteiger partial charge in [0.25, 0.3) is 0 Å². The summed E-state index contributed by atoms with van der Waals surface area (Å²) in [5.74, 6) is -1.25. The van der Waals surface area contributed by atoms with Crippen LogP contribution >= 0.6 is 0 Å². The fourth-order valence-electron chi connectivity index (χ4n) is 1.44.